The first-order chi connectivity index (χ1) is 6.80. The molecule has 0 aromatic carbocycles. The fourth-order valence-electron chi connectivity index (χ4n) is 0.842. The van der Waals surface area contributed by atoms with Gasteiger partial charge in [-0.2, -0.15) is 13.2 Å². The number of aryl methyl sites for hydroxylation is 1. The van der Waals surface area contributed by atoms with Crippen molar-refractivity contribution in [2.75, 3.05) is 0 Å². The summed E-state index contributed by atoms with van der Waals surface area (Å²) in [5, 5.41) is 0.0751. The van der Waals surface area contributed by atoms with E-state index in [0.717, 1.165) is 12.5 Å². The predicted molar refractivity (Wildman–Crippen MR) is 50.1 cm³/mol. The van der Waals surface area contributed by atoms with E-state index >= 15 is 0 Å². The summed E-state index contributed by atoms with van der Waals surface area (Å²) in [4.78, 5) is 3.68. The molecule has 0 saturated heterocycles. The van der Waals surface area contributed by atoms with Crippen LogP contribution in [0.2, 0.25) is 5.02 Å². The summed E-state index contributed by atoms with van der Waals surface area (Å²) in [6, 6.07) is 1.49. The molecule has 1 rings (SSSR count). The summed E-state index contributed by atoms with van der Waals surface area (Å²) >= 11 is 5.67. The molecule has 6 heteroatoms. The zero-order valence-electron chi connectivity index (χ0n) is 8.10. The molecule has 0 bridgehead atoms. The van der Waals surface area contributed by atoms with Crippen molar-refractivity contribution in [2.45, 2.75) is 26.1 Å². The molecule has 84 valence electrons. The zero-order chi connectivity index (χ0) is 11.6. The van der Waals surface area contributed by atoms with E-state index in [0.29, 0.717) is 0 Å². The third kappa shape index (κ3) is 3.27. The van der Waals surface area contributed by atoms with Gasteiger partial charge in [-0.15, -0.1) is 0 Å². The van der Waals surface area contributed by atoms with Gasteiger partial charge >= 0.3 is 6.18 Å². The first kappa shape index (κ1) is 12.1. The van der Waals surface area contributed by atoms with Gasteiger partial charge in [0.2, 0.25) is 5.88 Å². The Morgan fingerprint density at radius 3 is 2.53 bits per heavy atom. The Morgan fingerprint density at radius 2 is 2.07 bits per heavy atom. The van der Waals surface area contributed by atoms with Crippen molar-refractivity contribution in [1.29, 1.82) is 0 Å². The van der Waals surface area contributed by atoms with E-state index in [2.05, 4.69) is 9.72 Å². The first-order valence-electron chi connectivity index (χ1n) is 4.16. The van der Waals surface area contributed by atoms with Crippen LogP contribution in [0.15, 0.2) is 12.3 Å². The molecule has 2 nitrogen and oxygen atoms in total. The quantitative estimate of drug-likeness (QED) is 0.789. The molecule has 0 amide bonds. The van der Waals surface area contributed by atoms with Gasteiger partial charge in [-0.1, -0.05) is 11.6 Å². The summed E-state index contributed by atoms with van der Waals surface area (Å²) in [5.74, 6) is -0.202. The molecular weight excluding hydrogens is 231 g/mol. The molecule has 0 N–H and O–H groups in total. The van der Waals surface area contributed by atoms with Crippen LogP contribution in [0.3, 0.4) is 0 Å². The molecule has 0 aliphatic rings. The summed E-state index contributed by atoms with van der Waals surface area (Å²) < 4.78 is 41.0. The third-order valence-corrected chi connectivity index (χ3v) is 1.96. The second-order valence-electron chi connectivity index (χ2n) is 3.10. The lowest BCUT2D eigenvalue weighted by Crippen LogP contribution is -2.31. The van der Waals surface area contributed by atoms with Crippen LogP contribution in [0.4, 0.5) is 13.2 Å². The van der Waals surface area contributed by atoms with Crippen LogP contribution in [0, 0.1) is 6.92 Å². The van der Waals surface area contributed by atoms with Crippen LogP contribution in [0.25, 0.3) is 0 Å². The van der Waals surface area contributed by atoms with E-state index < -0.39 is 12.3 Å². The van der Waals surface area contributed by atoms with E-state index in [9.17, 15) is 13.2 Å². The van der Waals surface area contributed by atoms with Crippen LogP contribution < -0.4 is 4.74 Å². The predicted octanol–water partition coefficient (Wildman–Crippen LogP) is 3.37. The van der Waals surface area contributed by atoms with Gasteiger partial charge in [0.25, 0.3) is 0 Å². The fraction of sp³-hybridized carbons (Fsp3) is 0.444. The number of aromatic nitrogens is 1. The normalized spacial score (nSPS) is 13.7. The van der Waals surface area contributed by atoms with Gasteiger partial charge in [-0.25, -0.2) is 4.98 Å². The number of nitrogens with zero attached hydrogens (tertiary/aromatic N) is 1. The van der Waals surface area contributed by atoms with Gasteiger partial charge in [0.1, 0.15) is 5.02 Å². The molecule has 0 fully saturated rings. The minimum Gasteiger partial charge on any atom is -0.464 e. The van der Waals surface area contributed by atoms with Crippen LogP contribution >= 0.6 is 11.6 Å². The van der Waals surface area contributed by atoms with Gasteiger partial charge in [0, 0.05) is 6.20 Å². The van der Waals surface area contributed by atoms with Gasteiger partial charge in [0.15, 0.2) is 6.10 Å². The topological polar surface area (TPSA) is 22.1 Å². The van der Waals surface area contributed by atoms with Crippen LogP contribution in [-0.4, -0.2) is 17.3 Å². The Morgan fingerprint density at radius 1 is 1.47 bits per heavy atom. The van der Waals surface area contributed by atoms with Crippen molar-refractivity contribution < 1.29 is 17.9 Å². The summed E-state index contributed by atoms with van der Waals surface area (Å²) in [6.07, 6.45) is -4.95. The van der Waals surface area contributed by atoms with Crippen molar-refractivity contribution in [3.63, 3.8) is 0 Å². The number of alkyl halides is 3. The lowest BCUT2D eigenvalue weighted by molar-refractivity contribution is -0.189. The largest absolute Gasteiger partial charge is 0.464 e. The molecule has 1 aromatic heterocycles. The Hall–Kier alpha value is -0.970. The lowest BCUT2D eigenvalue weighted by Gasteiger charge is -2.17. The molecule has 0 unspecified atom stereocenters. The second-order valence-corrected chi connectivity index (χ2v) is 3.51. The minimum atomic E-state index is -4.42. The SMILES string of the molecule is Cc1cnc(O[C@H](C)C(F)(F)F)c(Cl)c1. The van der Waals surface area contributed by atoms with E-state index in [1.165, 1.54) is 12.3 Å². The highest BCUT2D eigenvalue weighted by molar-refractivity contribution is 6.31. The summed E-state index contributed by atoms with van der Waals surface area (Å²) in [5.41, 5.74) is 0.756. The first-order valence-corrected chi connectivity index (χ1v) is 4.54. The molecule has 0 saturated carbocycles. The Bertz CT molecular complexity index is 354. The molecular formula is C9H9ClF3NO. The Labute approximate surface area is 90.0 Å². The molecule has 15 heavy (non-hydrogen) atoms. The van der Waals surface area contributed by atoms with E-state index in [4.69, 9.17) is 11.6 Å². The maximum atomic E-state index is 12.1. The van der Waals surface area contributed by atoms with Gasteiger partial charge in [-0.05, 0) is 25.5 Å². The molecule has 1 aromatic rings. The summed E-state index contributed by atoms with van der Waals surface area (Å²) in [7, 11) is 0. The van der Waals surface area contributed by atoms with Crippen LogP contribution in [0.1, 0.15) is 12.5 Å². The highest BCUT2D eigenvalue weighted by Crippen LogP contribution is 2.28. The average Bonchev–Trinajstić information content (AvgIpc) is 2.08. The number of pyridine rings is 1. The molecule has 1 atom stereocenters. The monoisotopic (exact) mass is 239 g/mol. The molecule has 0 aliphatic carbocycles. The summed E-state index contributed by atoms with van der Waals surface area (Å²) in [6.45, 7) is 2.63. The smallest absolute Gasteiger partial charge is 0.425 e. The number of rotatable bonds is 2. The maximum absolute atomic E-state index is 12.1. The maximum Gasteiger partial charge on any atom is 0.425 e. The van der Waals surface area contributed by atoms with Crippen molar-refractivity contribution in [3.05, 3.63) is 22.8 Å². The van der Waals surface area contributed by atoms with E-state index in [1.807, 2.05) is 0 Å². The fourth-order valence-corrected chi connectivity index (χ4v) is 1.11. The number of halogens is 4. The minimum absolute atomic E-state index is 0.0751. The highest BCUT2D eigenvalue weighted by atomic mass is 35.5. The van der Waals surface area contributed by atoms with Gasteiger partial charge in [-0.3, -0.25) is 0 Å². The molecule has 0 spiro atoms. The van der Waals surface area contributed by atoms with Crippen molar-refractivity contribution in [3.8, 4) is 5.88 Å². The number of hydrogen-bond acceptors (Lipinski definition) is 2. The van der Waals surface area contributed by atoms with E-state index in [1.54, 1.807) is 6.92 Å². The van der Waals surface area contributed by atoms with Gasteiger partial charge < -0.3 is 4.74 Å². The number of ether oxygens (including phenoxy) is 1. The van der Waals surface area contributed by atoms with Crippen molar-refractivity contribution >= 4 is 11.6 Å². The zero-order valence-corrected chi connectivity index (χ0v) is 8.86. The number of hydrogen-bond donors (Lipinski definition) is 0. The molecule has 0 aliphatic heterocycles. The second kappa shape index (κ2) is 4.26. The Kier molecular flexibility index (Phi) is 3.44. The third-order valence-electron chi connectivity index (χ3n) is 1.69. The van der Waals surface area contributed by atoms with Crippen molar-refractivity contribution in [1.82, 2.24) is 4.98 Å². The molecule has 1 heterocycles. The lowest BCUT2D eigenvalue weighted by atomic mass is 10.3. The van der Waals surface area contributed by atoms with Crippen LogP contribution in [-0.2, 0) is 0 Å². The van der Waals surface area contributed by atoms with Crippen LogP contribution in [0.5, 0.6) is 5.88 Å². The Balaban J connectivity index is 2.82. The van der Waals surface area contributed by atoms with Gasteiger partial charge in [0.05, 0.1) is 0 Å². The van der Waals surface area contributed by atoms with Crippen molar-refractivity contribution in [2.24, 2.45) is 0 Å². The standard InChI is InChI=1S/C9H9ClF3NO/c1-5-3-7(10)8(14-4-5)15-6(2)9(11,12)13/h3-4,6H,1-2H3/t6-/m1/s1. The highest BCUT2D eigenvalue weighted by Gasteiger charge is 2.38. The average molecular weight is 240 g/mol. The molecule has 0 radical (unpaired) electrons. The van der Waals surface area contributed by atoms with E-state index in [-0.39, 0.29) is 10.9 Å².